The highest BCUT2D eigenvalue weighted by molar-refractivity contribution is 5.84. The van der Waals surface area contributed by atoms with Crippen molar-refractivity contribution in [2.45, 2.75) is 84.5 Å². The minimum atomic E-state index is 0.0555. The summed E-state index contributed by atoms with van der Waals surface area (Å²) in [5.41, 5.74) is 0.395. The van der Waals surface area contributed by atoms with E-state index in [2.05, 4.69) is 37.9 Å². The van der Waals surface area contributed by atoms with Crippen LogP contribution in [0.15, 0.2) is 0 Å². The third-order valence-corrected chi connectivity index (χ3v) is 4.65. The lowest BCUT2D eigenvalue weighted by atomic mass is 9.74. The van der Waals surface area contributed by atoms with Crippen LogP contribution in [0.3, 0.4) is 0 Å². The lowest BCUT2D eigenvalue weighted by Crippen LogP contribution is -2.47. The standard InChI is InChI=1S/C15H28N2O/c1-5-12-14(18)17(13(6-2)16-12)11-8-7-9-15(3,4)10-11/h11-13,16H,5-10H2,1-4H3. The predicted octanol–water partition coefficient (Wildman–Crippen LogP) is 2.90. The lowest BCUT2D eigenvalue weighted by molar-refractivity contribution is -0.133. The summed E-state index contributed by atoms with van der Waals surface area (Å²) in [6.07, 6.45) is 7.08. The molecule has 0 spiro atoms. The molecule has 3 nitrogen and oxygen atoms in total. The largest absolute Gasteiger partial charge is 0.323 e. The van der Waals surface area contributed by atoms with Gasteiger partial charge >= 0.3 is 0 Å². The summed E-state index contributed by atoms with van der Waals surface area (Å²) >= 11 is 0. The van der Waals surface area contributed by atoms with Gasteiger partial charge in [-0.3, -0.25) is 10.1 Å². The van der Waals surface area contributed by atoms with Crippen LogP contribution in [0.2, 0.25) is 0 Å². The molecule has 1 aliphatic carbocycles. The molecule has 1 amide bonds. The number of carbonyl (C=O) groups excluding carboxylic acids is 1. The molecule has 2 fully saturated rings. The second-order valence-electron chi connectivity index (χ2n) is 6.71. The van der Waals surface area contributed by atoms with Crippen LogP contribution in [0.25, 0.3) is 0 Å². The van der Waals surface area contributed by atoms with Gasteiger partial charge in [-0.1, -0.05) is 34.1 Å². The first-order chi connectivity index (χ1) is 8.48. The van der Waals surface area contributed by atoms with E-state index < -0.39 is 0 Å². The second-order valence-corrected chi connectivity index (χ2v) is 6.71. The highest BCUT2D eigenvalue weighted by atomic mass is 16.2. The third-order valence-electron chi connectivity index (χ3n) is 4.65. The van der Waals surface area contributed by atoms with Gasteiger partial charge < -0.3 is 4.90 Å². The monoisotopic (exact) mass is 252 g/mol. The highest BCUT2D eigenvalue weighted by Gasteiger charge is 2.43. The van der Waals surface area contributed by atoms with E-state index in [1.807, 2.05) is 0 Å². The Balaban J connectivity index is 2.12. The second kappa shape index (κ2) is 5.20. The molecule has 18 heavy (non-hydrogen) atoms. The molecule has 1 aliphatic heterocycles. The number of nitrogens with one attached hydrogen (secondary N) is 1. The lowest BCUT2D eigenvalue weighted by Gasteiger charge is -2.41. The van der Waals surface area contributed by atoms with Crippen molar-refractivity contribution in [1.82, 2.24) is 10.2 Å². The Morgan fingerprint density at radius 1 is 1.33 bits per heavy atom. The maximum Gasteiger partial charge on any atom is 0.241 e. The van der Waals surface area contributed by atoms with Gasteiger partial charge in [-0.05, 0) is 37.5 Å². The van der Waals surface area contributed by atoms with Crippen molar-refractivity contribution in [2.24, 2.45) is 5.41 Å². The Morgan fingerprint density at radius 2 is 2.06 bits per heavy atom. The van der Waals surface area contributed by atoms with E-state index in [0.29, 0.717) is 17.4 Å². The molecule has 0 aromatic rings. The predicted molar refractivity (Wildman–Crippen MR) is 74.2 cm³/mol. The van der Waals surface area contributed by atoms with Crippen LogP contribution in [-0.4, -0.2) is 29.1 Å². The van der Waals surface area contributed by atoms with Gasteiger partial charge in [0, 0.05) is 6.04 Å². The van der Waals surface area contributed by atoms with E-state index in [4.69, 9.17) is 0 Å². The van der Waals surface area contributed by atoms with Crippen molar-refractivity contribution in [3.05, 3.63) is 0 Å². The van der Waals surface area contributed by atoms with Gasteiger partial charge in [-0.15, -0.1) is 0 Å². The minimum absolute atomic E-state index is 0.0555. The van der Waals surface area contributed by atoms with Crippen LogP contribution in [0.4, 0.5) is 0 Å². The quantitative estimate of drug-likeness (QED) is 0.837. The molecule has 1 heterocycles. The van der Waals surface area contributed by atoms with Gasteiger partial charge in [0.2, 0.25) is 5.91 Å². The number of carbonyl (C=O) groups is 1. The number of rotatable bonds is 3. The minimum Gasteiger partial charge on any atom is -0.323 e. The van der Waals surface area contributed by atoms with Crippen LogP contribution in [-0.2, 0) is 4.79 Å². The molecule has 3 unspecified atom stereocenters. The third kappa shape index (κ3) is 2.56. The SMILES string of the molecule is CCC1NC(CC)N(C2CCCC(C)(C)C2)C1=O. The van der Waals surface area contributed by atoms with Crippen molar-refractivity contribution >= 4 is 5.91 Å². The summed E-state index contributed by atoms with van der Waals surface area (Å²) in [6.45, 7) is 8.94. The first-order valence-corrected chi connectivity index (χ1v) is 7.56. The molecule has 0 aromatic carbocycles. The summed E-state index contributed by atoms with van der Waals surface area (Å²) in [7, 11) is 0. The first-order valence-electron chi connectivity index (χ1n) is 7.56. The zero-order valence-corrected chi connectivity index (χ0v) is 12.3. The summed E-state index contributed by atoms with van der Waals surface area (Å²) < 4.78 is 0. The fourth-order valence-corrected chi connectivity index (χ4v) is 3.65. The molecule has 0 aromatic heterocycles. The average Bonchev–Trinajstić information content (AvgIpc) is 2.64. The molecular weight excluding hydrogens is 224 g/mol. The average molecular weight is 252 g/mol. The van der Waals surface area contributed by atoms with Crippen LogP contribution in [0.1, 0.15) is 66.2 Å². The Kier molecular flexibility index (Phi) is 4.00. The summed E-state index contributed by atoms with van der Waals surface area (Å²) in [5, 5.41) is 3.49. The van der Waals surface area contributed by atoms with Gasteiger partial charge in [-0.25, -0.2) is 0 Å². The Morgan fingerprint density at radius 3 is 2.61 bits per heavy atom. The van der Waals surface area contributed by atoms with Gasteiger partial charge in [0.1, 0.15) is 0 Å². The zero-order valence-electron chi connectivity index (χ0n) is 12.3. The Bertz CT molecular complexity index is 314. The molecule has 0 bridgehead atoms. The van der Waals surface area contributed by atoms with Crippen LogP contribution in [0, 0.1) is 5.41 Å². The van der Waals surface area contributed by atoms with Crippen LogP contribution < -0.4 is 5.32 Å². The Labute approximate surface area is 111 Å². The van der Waals surface area contributed by atoms with Crippen molar-refractivity contribution in [3.8, 4) is 0 Å². The van der Waals surface area contributed by atoms with Gasteiger partial charge in [0.05, 0.1) is 12.2 Å². The van der Waals surface area contributed by atoms with Crippen molar-refractivity contribution in [2.75, 3.05) is 0 Å². The zero-order chi connectivity index (χ0) is 13.3. The van der Waals surface area contributed by atoms with Crippen molar-refractivity contribution < 1.29 is 4.79 Å². The maximum atomic E-state index is 12.5. The van der Waals surface area contributed by atoms with E-state index in [0.717, 1.165) is 19.3 Å². The molecule has 1 saturated carbocycles. The molecule has 3 heteroatoms. The normalized spacial score (nSPS) is 36.1. The van der Waals surface area contributed by atoms with E-state index >= 15 is 0 Å². The number of hydrogen-bond donors (Lipinski definition) is 1. The fraction of sp³-hybridized carbons (Fsp3) is 0.933. The molecule has 0 radical (unpaired) electrons. The van der Waals surface area contributed by atoms with Crippen LogP contribution in [0.5, 0.6) is 0 Å². The molecule has 1 N–H and O–H groups in total. The number of nitrogens with zero attached hydrogens (tertiary/aromatic N) is 1. The number of hydrogen-bond acceptors (Lipinski definition) is 2. The summed E-state index contributed by atoms with van der Waals surface area (Å²) in [5.74, 6) is 0.340. The van der Waals surface area contributed by atoms with E-state index in [1.54, 1.807) is 0 Å². The highest BCUT2D eigenvalue weighted by Crippen LogP contribution is 2.39. The fourth-order valence-electron chi connectivity index (χ4n) is 3.65. The summed E-state index contributed by atoms with van der Waals surface area (Å²) in [6, 6.07) is 0.509. The van der Waals surface area contributed by atoms with E-state index in [1.165, 1.54) is 19.3 Å². The molecule has 3 atom stereocenters. The maximum absolute atomic E-state index is 12.5. The first kappa shape index (κ1) is 13.9. The van der Waals surface area contributed by atoms with Crippen molar-refractivity contribution in [3.63, 3.8) is 0 Å². The van der Waals surface area contributed by atoms with Crippen LogP contribution >= 0.6 is 0 Å². The van der Waals surface area contributed by atoms with Gasteiger partial charge in [0.25, 0.3) is 0 Å². The van der Waals surface area contributed by atoms with E-state index in [-0.39, 0.29) is 12.2 Å². The number of amides is 1. The molecule has 2 rings (SSSR count). The summed E-state index contributed by atoms with van der Waals surface area (Å²) in [4.78, 5) is 14.7. The molecule has 1 saturated heterocycles. The topological polar surface area (TPSA) is 32.3 Å². The molecule has 104 valence electrons. The molecular formula is C15H28N2O. The van der Waals surface area contributed by atoms with Gasteiger partial charge in [0.15, 0.2) is 0 Å². The van der Waals surface area contributed by atoms with Crippen molar-refractivity contribution in [1.29, 1.82) is 0 Å². The van der Waals surface area contributed by atoms with E-state index in [9.17, 15) is 4.79 Å². The molecule has 2 aliphatic rings. The smallest absolute Gasteiger partial charge is 0.241 e. The Hall–Kier alpha value is -0.570. The van der Waals surface area contributed by atoms with Gasteiger partial charge in [-0.2, -0.15) is 0 Å².